The highest BCUT2D eigenvalue weighted by Crippen LogP contribution is 2.46. The highest BCUT2D eigenvalue weighted by molar-refractivity contribution is 8.03. The fourth-order valence-electron chi connectivity index (χ4n) is 2.10. The van der Waals surface area contributed by atoms with Crippen molar-refractivity contribution < 1.29 is 9.47 Å². The molecule has 0 radical (unpaired) electrons. The van der Waals surface area contributed by atoms with Gasteiger partial charge in [0.2, 0.25) is 0 Å². The van der Waals surface area contributed by atoms with E-state index < -0.39 is 5.25 Å². The number of rotatable bonds is 3. The van der Waals surface area contributed by atoms with Crippen LogP contribution in [0.4, 0.5) is 0 Å². The number of hydrogen-bond acceptors (Lipinski definition) is 7. The molecule has 1 aliphatic heterocycles. The van der Waals surface area contributed by atoms with Crippen molar-refractivity contribution in [3.05, 3.63) is 45.6 Å². The molecule has 0 aromatic heterocycles. The Labute approximate surface area is 132 Å². The van der Waals surface area contributed by atoms with Gasteiger partial charge in [-0.3, -0.25) is 0 Å². The first-order valence-corrected chi connectivity index (χ1v) is 7.13. The fraction of sp³-hybridized carbons (Fsp3) is 0.200. The molecule has 0 bridgehead atoms. The lowest BCUT2D eigenvalue weighted by Gasteiger charge is -2.24. The molecule has 22 heavy (non-hydrogen) atoms. The molecule has 1 heterocycles. The molecule has 0 saturated carbocycles. The number of methoxy groups -OCH3 is 2. The molecule has 7 heteroatoms. The number of hydrogen-bond donors (Lipinski definition) is 2. The quantitative estimate of drug-likeness (QED) is 0.874. The van der Waals surface area contributed by atoms with Crippen molar-refractivity contribution in [3.8, 4) is 23.6 Å². The third-order valence-electron chi connectivity index (χ3n) is 3.22. The average molecular weight is 314 g/mol. The number of nitrogens with zero attached hydrogens (tertiary/aromatic N) is 2. The monoisotopic (exact) mass is 314 g/mol. The first-order chi connectivity index (χ1) is 10.5. The molecule has 1 aromatic rings. The highest BCUT2D eigenvalue weighted by Gasteiger charge is 2.30. The number of thioether (sulfide) groups is 1. The van der Waals surface area contributed by atoms with Crippen LogP contribution in [0.25, 0.3) is 0 Å². The van der Waals surface area contributed by atoms with Crippen LogP contribution in [0.5, 0.6) is 11.5 Å². The van der Waals surface area contributed by atoms with Crippen LogP contribution in [0.3, 0.4) is 0 Å². The van der Waals surface area contributed by atoms with Crippen molar-refractivity contribution in [2.24, 2.45) is 11.5 Å². The highest BCUT2D eigenvalue weighted by atomic mass is 32.2. The molecular formula is C15H14N4O2S. The van der Waals surface area contributed by atoms with Crippen LogP contribution in [0.2, 0.25) is 0 Å². The molecule has 112 valence electrons. The Morgan fingerprint density at radius 1 is 1.05 bits per heavy atom. The Bertz CT molecular complexity index is 734. The summed E-state index contributed by atoms with van der Waals surface area (Å²) in [6.45, 7) is 0. The average Bonchev–Trinajstić information content (AvgIpc) is 2.54. The lowest BCUT2D eigenvalue weighted by Crippen LogP contribution is -2.18. The Morgan fingerprint density at radius 2 is 1.64 bits per heavy atom. The molecule has 0 unspecified atom stereocenters. The second-order valence-electron chi connectivity index (χ2n) is 4.43. The van der Waals surface area contributed by atoms with Gasteiger partial charge < -0.3 is 20.9 Å². The summed E-state index contributed by atoms with van der Waals surface area (Å²) in [6, 6.07) is 9.32. The summed E-state index contributed by atoms with van der Waals surface area (Å²) in [7, 11) is 3.09. The Balaban J connectivity index is 2.58. The SMILES string of the molecule is COc1cc(OC)cc([C@H]2SC(N)=C(C#N)C(N)=C2C#N)c1. The van der Waals surface area contributed by atoms with Crippen LogP contribution < -0.4 is 20.9 Å². The van der Waals surface area contributed by atoms with E-state index in [2.05, 4.69) is 6.07 Å². The molecule has 6 nitrogen and oxygen atoms in total. The number of allylic oxidation sites excluding steroid dienone is 1. The molecular weight excluding hydrogens is 300 g/mol. The van der Waals surface area contributed by atoms with Gasteiger partial charge in [0.05, 0.1) is 41.8 Å². The Kier molecular flexibility index (Phi) is 4.50. The minimum Gasteiger partial charge on any atom is -0.497 e. The Morgan fingerprint density at radius 3 is 2.09 bits per heavy atom. The minimum atomic E-state index is -0.411. The Hall–Kier alpha value is -2.77. The maximum atomic E-state index is 9.41. The van der Waals surface area contributed by atoms with Gasteiger partial charge in [-0.05, 0) is 17.7 Å². The smallest absolute Gasteiger partial charge is 0.122 e. The lowest BCUT2D eigenvalue weighted by atomic mass is 10.00. The summed E-state index contributed by atoms with van der Waals surface area (Å²) >= 11 is 1.21. The zero-order chi connectivity index (χ0) is 16.3. The summed E-state index contributed by atoms with van der Waals surface area (Å²) in [5, 5.41) is 18.4. The van der Waals surface area contributed by atoms with Gasteiger partial charge in [-0.2, -0.15) is 10.5 Å². The van der Waals surface area contributed by atoms with Crippen LogP contribution in [0, 0.1) is 22.7 Å². The van der Waals surface area contributed by atoms with Crippen LogP contribution in [0.1, 0.15) is 10.8 Å². The first-order valence-electron chi connectivity index (χ1n) is 6.25. The van der Waals surface area contributed by atoms with Crippen LogP contribution in [-0.4, -0.2) is 14.2 Å². The molecule has 1 aromatic carbocycles. The van der Waals surface area contributed by atoms with E-state index in [0.717, 1.165) is 5.56 Å². The summed E-state index contributed by atoms with van der Waals surface area (Å²) in [6.07, 6.45) is 0. The molecule has 1 atom stereocenters. The largest absolute Gasteiger partial charge is 0.497 e. The molecule has 0 aliphatic carbocycles. The van der Waals surface area contributed by atoms with E-state index in [0.29, 0.717) is 22.1 Å². The van der Waals surface area contributed by atoms with E-state index in [1.807, 2.05) is 6.07 Å². The summed E-state index contributed by atoms with van der Waals surface area (Å²) in [5.74, 6) is 1.19. The van der Waals surface area contributed by atoms with Crippen molar-refractivity contribution in [1.82, 2.24) is 0 Å². The number of benzene rings is 1. The van der Waals surface area contributed by atoms with E-state index in [-0.39, 0.29) is 11.3 Å². The van der Waals surface area contributed by atoms with Crippen molar-refractivity contribution in [3.63, 3.8) is 0 Å². The summed E-state index contributed by atoms with van der Waals surface area (Å²) in [5.41, 5.74) is 13.2. The van der Waals surface area contributed by atoms with Gasteiger partial charge in [-0.25, -0.2) is 0 Å². The number of nitriles is 2. The molecule has 2 rings (SSSR count). The third kappa shape index (κ3) is 2.67. The van der Waals surface area contributed by atoms with Gasteiger partial charge in [0.15, 0.2) is 0 Å². The topological polar surface area (TPSA) is 118 Å². The maximum Gasteiger partial charge on any atom is 0.122 e. The van der Waals surface area contributed by atoms with E-state index in [4.69, 9.17) is 26.2 Å². The predicted octanol–water partition coefficient (Wildman–Crippen LogP) is 1.92. The van der Waals surface area contributed by atoms with Crippen molar-refractivity contribution >= 4 is 11.8 Å². The predicted molar refractivity (Wildman–Crippen MR) is 83.5 cm³/mol. The van der Waals surface area contributed by atoms with Gasteiger partial charge in [-0.15, -0.1) is 0 Å². The van der Waals surface area contributed by atoms with E-state index in [1.54, 1.807) is 32.4 Å². The van der Waals surface area contributed by atoms with Gasteiger partial charge in [-0.1, -0.05) is 11.8 Å². The van der Waals surface area contributed by atoms with Crippen molar-refractivity contribution in [1.29, 1.82) is 10.5 Å². The van der Waals surface area contributed by atoms with Crippen molar-refractivity contribution in [2.45, 2.75) is 5.25 Å². The molecule has 4 N–H and O–H groups in total. The molecule has 0 fully saturated rings. The normalized spacial score (nSPS) is 17.7. The van der Waals surface area contributed by atoms with Gasteiger partial charge in [0.1, 0.15) is 23.1 Å². The third-order valence-corrected chi connectivity index (χ3v) is 4.42. The maximum absolute atomic E-state index is 9.41. The van der Waals surface area contributed by atoms with E-state index in [9.17, 15) is 5.26 Å². The number of ether oxygens (including phenoxy) is 2. The van der Waals surface area contributed by atoms with Gasteiger partial charge in [0.25, 0.3) is 0 Å². The zero-order valence-corrected chi connectivity index (χ0v) is 12.9. The minimum absolute atomic E-state index is 0.119. The molecule has 0 spiro atoms. The van der Waals surface area contributed by atoms with E-state index in [1.165, 1.54) is 11.8 Å². The lowest BCUT2D eigenvalue weighted by molar-refractivity contribution is 0.393. The first kappa shape index (κ1) is 15.6. The molecule has 1 aliphatic rings. The van der Waals surface area contributed by atoms with Crippen LogP contribution in [-0.2, 0) is 0 Å². The second kappa shape index (κ2) is 6.33. The summed E-state index contributed by atoms with van der Waals surface area (Å²) in [4.78, 5) is 0. The fourth-order valence-corrected chi connectivity index (χ4v) is 3.20. The molecule has 0 amide bonds. The second-order valence-corrected chi connectivity index (χ2v) is 5.58. The number of nitrogens with two attached hydrogens (primary N) is 2. The van der Waals surface area contributed by atoms with Crippen molar-refractivity contribution in [2.75, 3.05) is 14.2 Å². The van der Waals surface area contributed by atoms with Crippen LogP contribution >= 0.6 is 11.8 Å². The van der Waals surface area contributed by atoms with Gasteiger partial charge >= 0.3 is 0 Å². The molecule has 0 saturated heterocycles. The summed E-state index contributed by atoms with van der Waals surface area (Å²) < 4.78 is 10.5. The standard InChI is InChI=1S/C15H14N4O2S/c1-20-9-3-8(4-10(5-9)21-2)14-11(6-16)13(18)12(7-17)15(19)22-14/h3-5,14H,18-19H2,1-2H3/t14-/m1/s1. The van der Waals surface area contributed by atoms with E-state index >= 15 is 0 Å². The van der Waals surface area contributed by atoms with Gasteiger partial charge in [0, 0.05) is 6.07 Å². The zero-order valence-electron chi connectivity index (χ0n) is 12.1. The van der Waals surface area contributed by atoms with Crippen LogP contribution in [0.15, 0.2) is 40.1 Å².